The van der Waals surface area contributed by atoms with Crippen LogP contribution in [0, 0.1) is 5.92 Å². The summed E-state index contributed by atoms with van der Waals surface area (Å²) in [7, 11) is 7.22. The number of Topliss-reactive ketones (excluding diaryl/α,β-unsaturated/α-hetero) is 2. The molecular formula is C31H62NO3P. The van der Waals surface area contributed by atoms with Crippen LogP contribution in [0.15, 0.2) is 0 Å². The summed E-state index contributed by atoms with van der Waals surface area (Å²) in [4.78, 5) is 26.0. The number of hydrogen-bond donors (Lipinski definition) is 0. The monoisotopic (exact) mass is 527 g/mol. The van der Waals surface area contributed by atoms with Gasteiger partial charge in [0.05, 0.1) is 40.2 Å². The molecule has 0 saturated carbocycles. The van der Waals surface area contributed by atoms with E-state index in [9.17, 15) is 9.59 Å². The Kier molecular flexibility index (Phi) is 24.8. The summed E-state index contributed by atoms with van der Waals surface area (Å²) >= 11 is 0. The number of rotatable bonds is 28. The van der Waals surface area contributed by atoms with Crippen LogP contribution in [-0.4, -0.2) is 56.5 Å². The van der Waals surface area contributed by atoms with Crippen molar-refractivity contribution in [3.63, 3.8) is 0 Å². The Bertz CT molecular complexity index is 484. The SMILES string of the molecule is CCCCCCCCCCCC(=O)C(C[P-]OCC[N+](C)(C)C)C(=O)CCCCCCCCCCC. The lowest BCUT2D eigenvalue weighted by atomic mass is 9.93. The maximum atomic E-state index is 13.0. The van der Waals surface area contributed by atoms with Crippen LogP contribution in [0.4, 0.5) is 0 Å². The van der Waals surface area contributed by atoms with E-state index in [0.717, 1.165) is 45.5 Å². The summed E-state index contributed by atoms with van der Waals surface area (Å²) in [5.41, 5.74) is 0. The lowest BCUT2D eigenvalue weighted by molar-refractivity contribution is -0.870. The maximum Gasteiger partial charge on any atom is 0.140 e. The van der Waals surface area contributed by atoms with Gasteiger partial charge >= 0.3 is 0 Å². The van der Waals surface area contributed by atoms with Crippen LogP contribution in [0.5, 0.6) is 0 Å². The molecule has 0 aliphatic rings. The van der Waals surface area contributed by atoms with Crippen LogP contribution in [0.25, 0.3) is 0 Å². The molecule has 0 rings (SSSR count). The molecule has 0 amide bonds. The molecule has 0 aliphatic heterocycles. The van der Waals surface area contributed by atoms with Crippen molar-refractivity contribution in [2.45, 2.75) is 142 Å². The van der Waals surface area contributed by atoms with Gasteiger partial charge in [0.1, 0.15) is 11.6 Å². The van der Waals surface area contributed by atoms with Crippen molar-refractivity contribution in [3.05, 3.63) is 0 Å². The van der Waals surface area contributed by atoms with Crippen LogP contribution in [0.3, 0.4) is 0 Å². The zero-order valence-corrected chi connectivity index (χ0v) is 25.9. The second-order valence-electron chi connectivity index (χ2n) is 11.8. The Balaban J connectivity index is 4.29. The molecule has 0 aliphatic carbocycles. The molecule has 0 unspecified atom stereocenters. The average Bonchev–Trinajstić information content (AvgIpc) is 2.83. The van der Waals surface area contributed by atoms with Crippen molar-refractivity contribution in [3.8, 4) is 0 Å². The van der Waals surface area contributed by atoms with E-state index in [1.807, 2.05) is 0 Å². The Morgan fingerprint density at radius 2 is 0.972 bits per heavy atom. The third-order valence-corrected chi connectivity index (χ3v) is 7.91. The Morgan fingerprint density at radius 3 is 1.33 bits per heavy atom. The minimum atomic E-state index is -0.459. The molecule has 0 bridgehead atoms. The van der Waals surface area contributed by atoms with Crippen molar-refractivity contribution >= 4 is 20.4 Å². The highest BCUT2D eigenvalue weighted by molar-refractivity contribution is 7.32. The van der Waals surface area contributed by atoms with Crippen LogP contribution in [0.2, 0.25) is 0 Å². The van der Waals surface area contributed by atoms with Gasteiger partial charge in [-0.2, -0.15) is 0 Å². The average molecular weight is 528 g/mol. The molecule has 214 valence electrons. The van der Waals surface area contributed by atoms with Crippen LogP contribution in [-0.2, 0) is 14.1 Å². The molecule has 0 fully saturated rings. The predicted octanol–water partition coefficient (Wildman–Crippen LogP) is 9.17. The zero-order valence-electron chi connectivity index (χ0n) is 25.0. The number of nitrogens with zero attached hydrogens (tertiary/aromatic N) is 1. The zero-order chi connectivity index (χ0) is 26.9. The van der Waals surface area contributed by atoms with Gasteiger partial charge in [-0.25, -0.2) is 0 Å². The van der Waals surface area contributed by atoms with Crippen molar-refractivity contribution in [2.24, 2.45) is 5.92 Å². The molecule has 0 aromatic carbocycles. The molecule has 0 heterocycles. The summed E-state index contributed by atoms with van der Waals surface area (Å²) in [6.07, 6.45) is 24.0. The summed E-state index contributed by atoms with van der Waals surface area (Å²) in [5, 5.41) is 0. The Labute approximate surface area is 227 Å². The van der Waals surface area contributed by atoms with Gasteiger partial charge in [-0.15, -0.1) is 6.16 Å². The third-order valence-electron chi connectivity index (χ3n) is 7.03. The van der Waals surface area contributed by atoms with Crippen molar-refractivity contribution in [2.75, 3.05) is 40.5 Å². The molecule has 5 heteroatoms. The maximum absolute atomic E-state index is 13.0. The lowest BCUT2D eigenvalue weighted by Gasteiger charge is -2.28. The van der Waals surface area contributed by atoms with E-state index >= 15 is 0 Å². The van der Waals surface area contributed by atoms with Gasteiger partial charge < -0.3 is 17.8 Å². The first-order chi connectivity index (χ1) is 17.3. The smallest absolute Gasteiger partial charge is 0.140 e. The number of unbranched alkanes of at least 4 members (excludes halogenated alkanes) is 16. The summed E-state index contributed by atoms with van der Waals surface area (Å²) in [5.74, 6) is -0.151. The first-order valence-corrected chi connectivity index (χ1v) is 16.5. The van der Waals surface area contributed by atoms with Crippen LogP contribution < -0.4 is 0 Å². The quantitative estimate of drug-likeness (QED) is 0.0441. The number of likely N-dealkylation sites (N-methyl/N-ethyl adjacent to an activating group) is 1. The molecule has 4 nitrogen and oxygen atoms in total. The molecule has 0 atom stereocenters. The van der Waals surface area contributed by atoms with E-state index < -0.39 is 5.92 Å². The van der Waals surface area contributed by atoms with Gasteiger partial charge in [-0.3, -0.25) is 9.59 Å². The second-order valence-corrected chi connectivity index (χ2v) is 12.7. The fourth-order valence-electron chi connectivity index (χ4n) is 4.46. The number of carbonyl (C=O) groups is 2. The largest absolute Gasteiger partial charge is 0.553 e. The number of quaternary nitrogens is 1. The van der Waals surface area contributed by atoms with Crippen LogP contribution in [0.1, 0.15) is 142 Å². The Morgan fingerprint density at radius 1 is 0.611 bits per heavy atom. The molecule has 36 heavy (non-hydrogen) atoms. The lowest BCUT2D eigenvalue weighted by Crippen LogP contribution is -2.37. The first kappa shape index (κ1) is 35.7. The van der Waals surface area contributed by atoms with E-state index in [4.69, 9.17) is 4.52 Å². The highest BCUT2D eigenvalue weighted by Gasteiger charge is 2.22. The van der Waals surface area contributed by atoms with Gasteiger partial charge in [-0.05, 0) is 12.8 Å². The summed E-state index contributed by atoms with van der Waals surface area (Å²) in [6.45, 7) is 6.10. The van der Waals surface area contributed by atoms with Crippen molar-refractivity contribution in [1.29, 1.82) is 0 Å². The van der Waals surface area contributed by atoms with Gasteiger partial charge in [-0.1, -0.05) is 117 Å². The summed E-state index contributed by atoms with van der Waals surface area (Å²) < 4.78 is 6.64. The Hall–Kier alpha value is -0.310. The second kappa shape index (κ2) is 25.0. The standard InChI is InChI=1S/C31H62NO3P/c1-6-8-10-12-14-16-18-20-22-24-30(33)29(28-36-35-27-26-32(3,4)5)31(34)25-23-21-19-17-15-13-11-9-7-2/h29H,6-28H2,1-5H3. The van der Waals surface area contributed by atoms with Crippen molar-refractivity contribution < 1.29 is 18.6 Å². The minimum Gasteiger partial charge on any atom is -0.553 e. The fourth-order valence-corrected chi connectivity index (χ4v) is 5.33. The topological polar surface area (TPSA) is 43.4 Å². The fraction of sp³-hybridized carbons (Fsp3) is 0.935. The van der Waals surface area contributed by atoms with Gasteiger partial charge in [0, 0.05) is 12.8 Å². The normalized spacial score (nSPS) is 12.3. The van der Waals surface area contributed by atoms with E-state index in [2.05, 4.69) is 35.0 Å². The molecule has 0 N–H and O–H groups in total. The molecule has 0 aromatic heterocycles. The predicted molar refractivity (Wildman–Crippen MR) is 158 cm³/mol. The highest BCUT2D eigenvalue weighted by Crippen LogP contribution is 2.23. The van der Waals surface area contributed by atoms with Crippen molar-refractivity contribution in [1.82, 2.24) is 0 Å². The number of carbonyl (C=O) groups excluding carboxylic acids is 2. The first-order valence-electron chi connectivity index (χ1n) is 15.5. The van der Waals surface area contributed by atoms with E-state index in [-0.39, 0.29) is 11.6 Å². The molecule has 0 spiro atoms. The van der Waals surface area contributed by atoms with Gasteiger partial charge in [0.25, 0.3) is 0 Å². The summed E-state index contributed by atoms with van der Waals surface area (Å²) in [6, 6.07) is 0. The third kappa shape index (κ3) is 24.1. The van der Waals surface area contributed by atoms with Gasteiger partial charge in [0.15, 0.2) is 0 Å². The van der Waals surface area contributed by atoms with Crippen LogP contribution >= 0.6 is 8.81 Å². The number of ketones is 2. The minimum absolute atomic E-state index is 0.154. The molecular weight excluding hydrogens is 465 g/mol. The van der Waals surface area contributed by atoms with E-state index in [0.29, 0.717) is 25.6 Å². The van der Waals surface area contributed by atoms with Gasteiger partial charge in [0.2, 0.25) is 0 Å². The molecule has 0 aromatic rings. The van der Waals surface area contributed by atoms with E-state index in [1.54, 1.807) is 0 Å². The molecule has 0 saturated heterocycles. The molecule has 0 radical (unpaired) electrons. The highest BCUT2D eigenvalue weighted by atomic mass is 31.1. The van der Waals surface area contributed by atoms with E-state index in [1.165, 1.54) is 89.9 Å². The number of hydrogen-bond acceptors (Lipinski definition) is 3.